The Bertz CT molecular complexity index is 673. The molecule has 19 heavy (non-hydrogen) atoms. The number of nitrogens with one attached hydrogen (secondary N) is 1. The smallest absolute Gasteiger partial charge is 0.242 e. The Morgan fingerprint density at radius 1 is 1.32 bits per heavy atom. The van der Waals surface area contributed by atoms with Gasteiger partial charge in [0.15, 0.2) is 0 Å². The normalized spacial score (nSPS) is 14.3. The number of pyridine rings is 1. The molecule has 1 heterocycles. The highest BCUT2D eigenvalue weighted by Gasteiger charge is 2.21. The molecule has 6 nitrogen and oxygen atoms in total. The van der Waals surface area contributed by atoms with Gasteiger partial charge in [0, 0.05) is 18.5 Å². The second kappa shape index (κ2) is 5.92. The minimum atomic E-state index is -3.89. The summed E-state index contributed by atoms with van der Waals surface area (Å²) in [7, 11) is -7.17. The van der Waals surface area contributed by atoms with Crippen molar-refractivity contribution in [3.63, 3.8) is 0 Å². The lowest BCUT2D eigenvalue weighted by Gasteiger charge is -2.13. The fourth-order valence-electron chi connectivity index (χ4n) is 1.37. The second-order valence-electron chi connectivity index (χ2n) is 4.06. The first-order chi connectivity index (χ1) is 8.51. The molecule has 1 atom stereocenters. The number of sulfonamides is 1. The van der Waals surface area contributed by atoms with Gasteiger partial charge in [0.1, 0.15) is 19.9 Å². The molecule has 0 saturated heterocycles. The van der Waals surface area contributed by atoms with Crippen molar-refractivity contribution in [2.24, 2.45) is 0 Å². The predicted molar refractivity (Wildman–Crippen MR) is 73.8 cm³/mol. The van der Waals surface area contributed by atoms with Gasteiger partial charge >= 0.3 is 0 Å². The monoisotopic (exact) mass is 346 g/mol. The van der Waals surface area contributed by atoms with Crippen LogP contribution >= 0.6 is 23.2 Å². The molecule has 0 aliphatic carbocycles. The molecule has 108 valence electrons. The van der Waals surface area contributed by atoms with Gasteiger partial charge in [-0.25, -0.2) is 26.5 Å². The Morgan fingerprint density at radius 3 is 2.37 bits per heavy atom. The molecule has 0 saturated carbocycles. The third-order valence-corrected chi connectivity index (χ3v) is 5.34. The van der Waals surface area contributed by atoms with Gasteiger partial charge in [-0.15, -0.1) is 0 Å². The van der Waals surface area contributed by atoms with Gasteiger partial charge in [-0.1, -0.05) is 23.2 Å². The van der Waals surface area contributed by atoms with E-state index >= 15 is 0 Å². The number of aromatic nitrogens is 1. The van der Waals surface area contributed by atoms with Crippen LogP contribution in [0.15, 0.2) is 17.2 Å². The van der Waals surface area contributed by atoms with E-state index in [0.29, 0.717) is 0 Å². The van der Waals surface area contributed by atoms with Crippen LogP contribution in [0.2, 0.25) is 10.2 Å². The summed E-state index contributed by atoms with van der Waals surface area (Å²) in [5.74, 6) is -0.305. The third kappa shape index (κ3) is 5.23. The summed E-state index contributed by atoms with van der Waals surface area (Å²) in [4.78, 5) is 3.44. The van der Waals surface area contributed by atoms with E-state index in [2.05, 4.69) is 9.71 Å². The Hall–Kier alpha value is -0.410. The van der Waals surface area contributed by atoms with Crippen molar-refractivity contribution in [3.05, 3.63) is 22.4 Å². The highest BCUT2D eigenvalue weighted by atomic mass is 35.5. The standard InChI is InChI=1S/C9H12Cl2N2O4S2/c1-6(5-18(2,14)15)13-19(16,17)7-3-8(10)9(11)12-4-7/h3-4,6,13H,5H2,1-2H3. The number of rotatable bonds is 5. The Kier molecular flexibility index (Phi) is 5.19. The van der Waals surface area contributed by atoms with Crippen LogP contribution < -0.4 is 4.72 Å². The molecule has 0 fully saturated rings. The molecular weight excluding hydrogens is 335 g/mol. The third-order valence-electron chi connectivity index (χ3n) is 1.99. The first-order valence-electron chi connectivity index (χ1n) is 5.02. The molecule has 0 radical (unpaired) electrons. The van der Waals surface area contributed by atoms with Crippen LogP contribution in [-0.2, 0) is 19.9 Å². The van der Waals surface area contributed by atoms with E-state index in [-0.39, 0.29) is 20.8 Å². The van der Waals surface area contributed by atoms with Crippen LogP contribution in [0, 0.1) is 0 Å². The van der Waals surface area contributed by atoms with Crippen LogP contribution in [-0.4, -0.2) is 39.9 Å². The van der Waals surface area contributed by atoms with Gasteiger partial charge in [0.25, 0.3) is 0 Å². The molecule has 1 aromatic rings. The first kappa shape index (κ1) is 16.6. The highest BCUT2D eigenvalue weighted by molar-refractivity contribution is 7.91. The van der Waals surface area contributed by atoms with Crippen LogP contribution in [0.4, 0.5) is 0 Å². The van der Waals surface area contributed by atoms with Crippen LogP contribution in [0.25, 0.3) is 0 Å². The quantitative estimate of drug-likeness (QED) is 0.805. The van der Waals surface area contributed by atoms with E-state index < -0.39 is 25.9 Å². The summed E-state index contributed by atoms with van der Waals surface area (Å²) in [5, 5.41) is -0.00916. The Labute approximate surface area is 122 Å². The van der Waals surface area contributed by atoms with E-state index in [4.69, 9.17) is 23.2 Å². The first-order valence-corrected chi connectivity index (χ1v) is 9.32. The van der Waals surface area contributed by atoms with Crippen LogP contribution in [0.3, 0.4) is 0 Å². The molecule has 1 rings (SSSR count). The maximum absolute atomic E-state index is 11.9. The van der Waals surface area contributed by atoms with Crippen LogP contribution in [0.5, 0.6) is 0 Å². The molecule has 0 amide bonds. The van der Waals surface area contributed by atoms with Crippen LogP contribution in [0.1, 0.15) is 6.92 Å². The van der Waals surface area contributed by atoms with Gasteiger partial charge in [-0.3, -0.25) is 0 Å². The minimum absolute atomic E-state index is 0.000285. The number of sulfone groups is 1. The Balaban J connectivity index is 2.95. The highest BCUT2D eigenvalue weighted by Crippen LogP contribution is 2.22. The number of nitrogens with zero attached hydrogens (tertiary/aromatic N) is 1. The molecule has 0 aliphatic heterocycles. The summed E-state index contributed by atoms with van der Waals surface area (Å²) < 4.78 is 48.3. The van der Waals surface area contributed by atoms with Crippen molar-refractivity contribution in [2.45, 2.75) is 17.9 Å². The summed E-state index contributed by atoms with van der Waals surface area (Å²) in [6.07, 6.45) is 2.07. The van der Waals surface area contributed by atoms with Gasteiger partial charge in [0.05, 0.1) is 10.8 Å². The molecular formula is C9H12Cl2N2O4S2. The lowest BCUT2D eigenvalue weighted by atomic mass is 10.4. The molecule has 0 aromatic carbocycles. The van der Waals surface area contributed by atoms with Crippen molar-refractivity contribution < 1.29 is 16.8 Å². The zero-order valence-corrected chi connectivity index (χ0v) is 13.2. The minimum Gasteiger partial charge on any atom is -0.242 e. The van der Waals surface area contributed by atoms with Gasteiger partial charge in [0.2, 0.25) is 10.0 Å². The zero-order valence-electron chi connectivity index (χ0n) is 10.1. The molecule has 1 N–H and O–H groups in total. The summed E-state index contributed by atoms with van der Waals surface area (Å²) >= 11 is 11.3. The summed E-state index contributed by atoms with van der Waals surface area (Å²) in [5.41, 5.74) is 0. The van der Waals surface area contributed by atoms with E-state index in [1.807, 2.05) is 0 Å². The average molecular weight is 347 g/mol. The lowest BCUT2D eigenvalue weighted by molar-refractivity contribution is 0.564. The van der Waals surface area contributed by atoms with E-state index in [0.717, 1.165) is 18.5 Å². The number of hydrogen-bond acceptors (Lipinski definition) is 5. The largest absolute Gasteiger partial charge is 0.242 e. The Morgan fingerprint density at radius 2 is 1.89 bits per heavy atom. The molecule has 0 spiro atoms. The van der Waals surface area contributed by atoms with Gasteiger partial charge in [-0.2, -0.15) is 0 Å². The van der Waals surface area contributed by atoms with Gasteiger partial charge in [-0.05, 0) is 13.0 Å². The van der Waals surface area contributed by atoms with E-state index in [1.54, 1.807) is 0 Å². The second-order valence-corrected chi connectivity index (χ2v) is 8.72. The van der Waals surface area contributed by atoms with Gasteiger partial charge < -0.3 is 0 Å². The summed E-state index contributed by atoms with van der Waals surface area (Å²) in [6, 6.07) is 0.376. The van der Waals surface area contributed by atoms with E-state index in [1.165, 1.54) is 6.92 Å². The van der Waals surface area contributed by atoms with Crippen molar-refractivity contribution in [1.29, 1.82) is 0 Å². The fourth-order valence-corrected chi connectivity index (χ4v) is 4.02. The molecule has 0 bridgehead atoms. The fraction of sp³-hybridized carbons (Fsp3) is 0.444. The molecule has 1 unspecified atom stereocenters. The van der Waals surface area contributed by atoms with E-state index in [9.17, 15) is 16.8 Å². The maximum atomic E-state index is 11.9. The zero-order chi connectivity index (χ0) is 14.8. The van der Waals surface area contributed by atoms with Crippen molar-refractivity contribution >= 4 is 43.1 Å². The topological polar surface area (TPSA) is 93.2 Å². The number of hydrogen-bond donors (Lipinski definition) is 1. The predicted octanol–water partition coefficient (Wildman–Crippen LogP) is 1.10. The summed E-state index contributed by atoms with van der Waals surface area (Å²) in [6.45, 7) is 1.45. The van der Waals surface area contributed by atoms with Crippen molar-refractivity contribution in [3.8, 4) is 0 Å². The number of halogens is 2. The lowest BCUT2D eigenvalue weighted by Crippen LogP contribution is -2.37. The average Bonchev–Trinajstić information content (AvgIpc) is 2.17. The SMILES string of the molecule is CC(CS(C)(=O)=O)NS(=O)(=O)c1cnc(Cl)c(Cl)c1. The molecule has 0 aliphatic rings. The maximum Gasteiger partial charge on any atom is 0.242 e. The molecule has 1 aromatic heterocycles. The van der Waals surface area contributed by atoms with Crippen molar-refractivity contribution in [1.82, 2.24) is 9.71 Å². The van der Waals surface area contributed by atoms with Crippen molar-refractivity contribution in [2.75, 3.05) is 12.0 Å². The molecule has 10 heteroatoms.